The van der Waals surface area contributed by atoms with Crippen molar-refractivity contribution in [1.29, 1.82) is 0 Å². The summed E-state index contributed by atoms with van der Waals surface area (Å²) in [6, 6.07) is 3.26. The van der Waals surface area contributed by atoms with Gasteiger partial charge in [-0.2, -0.15) is 0 Å². The van der Waals surface area contributed by atoms with E-state index in [0.29, 0.717) is 17.9 Å². The lowest BCUT2D eigenvalue weighted by Crippen LogP contribution is -2.58. The number of hydrogen-bond donors (Lipinski definition) is 0. The third-order valence-electron chi connectivity index (χ3n) is 5.26. The number of carbonyl (C=O) groups excluding carboxylic acids is 2. The number of rotatable bonds is 3. The molecule has 0 N–H and O–H groups in total. The summed E-state index contributed by atoms with van der Waals surface area (Å²) in [6.45, 7) is 0.324. The third-order valence-corrected chi connectivity index (χ3v) is 5.26. The van der Waals surface area contributed by atoms with Gasteiger partial charge in [-0.1, -0.05) is 12.2 Å². The van der Waals surface area contributed by atoms with Crippen molar-refractivity contribution in [2.45, 2.75) is 30.6 Å². The van der Waals surface area contributed by atoms with Crippen molar-refractivity contribution < 1.29 is 28.5 Å². The molecule has 0 saturated carbocycles. The Hall–Kier alpha value is -2.54. The van der Waals surface area contributed by atoms with E-state index in [1.807, 2.05) is 18.2 Å². The second-order valence-electron chi connectivity index (χ2n) is 6.46. The van der Waals surface area contributed by atoms with Gasteiger partial charge in [0.05, 0.1) is 12.1 Å². The van der Waals surface area contributed by atoms with E-state index in [4.69, 9.17) is 18.9 Å². The van der Waals surface area contributed by atoms with Crippen LogP contribution in [0.5, 0.6) is 11.5 Å². The molecule has 1 spiro atoms. The SMILES string of the molecule is COC1C=CC2(C(=O)OCc3cc4c(cc32)OCO4)C(N(C)C=O)C1. The quantitative estimate of drug-likeness (QED) is 0.465. The number of hydrogen-bond acceptors (Lipinski definition) is 6. The van der Waals surface area contributed by atoms with Crippen LogP contribution in [0.25, 0.3) is 0 Å². The summed E-state index contributed by atoms with van der Waals surface area (Å²) in [5.74, 6) is 0.868. The van der Waals surface area contributed by atoms with Gasteiger partial charge in [-0.05, 0) is 29.7 Å². The normalized spacial score (nSPS) is 29.3. The standard InChI is InChI=1S/C18H19NO6/c1-19(9-20)16-6-12(22-2)3-4-18(16)13-7-15-14(24-10-25-15)5-11(13)8-23-17(18)21/h3-5,7,9,12,16H,6,8,10H2,1-2H3. The van der Waals surface area contributed by atoms with Crippen molar-refractivity contribution in [2.24, 2.45) is 0 Å². The van der Waals surface area contributed by atoms with Crippen LogP contribution in [0, 0.1) is 0 Å². The fourth-order valence-corrected chi connectivity index (χ4v) is 3.93. The maximum absolute atomic E-state index is 12.9. The van der Waals surface area contributed by atoms with E-state index in [0.717, 1.165) is 17.5 Å². The van der Waals surface area contributed by atoms with Gasteiger partial charge < -0.3 is 23.8 Å². The largest absolute Gasteiger partial charge is 0.460 e. The molecule has 1 aromatic rings. The van der Waals surface area contributed by atoms with Crippen molar-refractivity contribution in [3.63, 3.8) is 0 Å². The van der Waals surface area contributed by atoms with E-state index in [-0.39, 0.29) is 25.5 Å². The number of amides is 1. The van der Waals surface area contributed by atoms with E-state index in [2.05, 4.69) is 0 Å². The molecule has 2 aliphatic heterocycles. The number of fused-ring (bicyclic) bond motifs is 3. The van der Waals surface area contributed by atoms with Crippen molar-refractivity contribution in [2.75, 3.05) is 21.0 Å². The maximum atomic E-state index is 12.9. The van der Waals surface area contributed by atoms with Crippen LogP contribution in [-0.4, -0.2) is 50.4 Å². The number of likely N-dealkylation sites (N-methyl/N-ethyl adjacent to an activating group) is 1. The van der Waals surface area contributed by atoms with Crippen LogP contribution in [0.4, 0.5) is 0 Å². The highest BCUT2D eigenvalue weighted by molar-refractivity contribution is 5.90. The number of cyclic esters (lactones) is 1. The molecule has 132 valence electrons. The molecule has 3 atom stereocenters. The summed E-state index contributed by atoms with van der Waals surface area (Å²) in [4.78, 5) is 25.9. The Kier molecular flexibility index (Phi) is 3.68. The van der Waals surface area contributed by atoms with Crippen LogP contribution in [0.2, 0.25) is 0 Å². The fourth-order valence-electron chi connectivity index (χ4n) is 3.93. The topological polar surface area (TPSA) is 74.3 Å². The van der Waals surface area contributed by atoms with Gasteiger partial charge in [-0.25, -0.2) is 0 Å². The summed E-state index contributed by atoms with van der Waals surface area (Å²) in [5.41, 5.74) is 0.561. The summed E-state index contributed by atoms with van der Waals surface area (Å²) in [7, 11) is 3.27. The molecule has 3 unspecified atom stereocenters. The lowest BCUT2D eigenvalue weighted by Gasteiger charge is -2.46. The van der Waals surface area contributed by atoms with Gasteiger partial charge in [0.15, 0.2) is 11.5 Å². The zero-order valence-corrected chi connectivity index (χ0v) is 14.1. The molecule has 25 heavy (non-hydrogen) atoms. The van der Waals surface area contributed by atoms with E-state index in [9.17, 15) is 9.59 Å². The number of nitrogens with zero attached hydrogens (tertiary/aromatic N) is 1. The molecular formula is C18H19NO6. The molecule has 0 bridgehead atoms. The Morgan fingerprint density at radius 1 is 1.28 bits per heavy atom. The molecule has 4 rings (SSSR count). The first kappa shape index (κ1) is 16.0. The first-order chi connectivity index (χ1) is 12.1. The van der Waals surface area contributed by atoms with Crippen LogP contribution < -0.4 is 9.47 Å². The van der Waals surface area contributed by atoms with Gasteiger partial charge in [0.1, 0.15) is 12.0 Å². The molecule has 0 saturated heterocycles. The Bertz CT molecular complexity index is 760. The van der Waals surface area contributed by atoms with Gasteiger partial charge in [-0.3, -0.25) is 9.59 Å². The zero-order valence-electron chi connectivity index (χ0n) is 14.1. The van der Waals surface area contributed by atoms with Gasteiger partial charge in [0.25, 0.3) is 0 Å². The van der Waals surface area contributed by atoms with Gasteiger partial charge in [0, 0.05) is 14.2 Å². The van der Waals surface area contributed by atoms with Crippen LogP contribution in [0.1, 0.15) is 17.5 Å². The van der Waals surface area contributed by atoms with Gasteiger partial charge >= 0.3 is 5.97 Å². The van der Waals surface area contributed by atoms with E-state index in [1.54, 1.807) is 20.2 Å². The first-order valence-electron chi connectivity index (χ1n) is 8.09. The molecule has 0 aromatic heterocycles. The average Bonchev–Trinajstić information content (AvgIpc) is 3.10. The lowest BCUT2D eigenvalue weighted by molar-refractivity contribution is -0.156. The molecule has 1 amide bonds. The highest BCUT2D eigenvalue weighted by Crippen LogP contribution is 2.47. The molecule has 7 heteroatoms. The number of ether oxygens (including phenoxy) is 4. The van der Waals surface area contributed by atoms with E-state index < -0.39 is 11.5 Å². The molecular weight excluding hydrogens is 326 g/mol. The number of esters is 1. The maximum Gasteiger partial charge on any atom is 0.322 e. The number of benzene rings is 1. The highest BCUT2D eigenvalue weighted by Gasteiger charge is 2.54. The van der Waals surface area contributed by atoms with Crippen LogP contribution >= 0.6 is 0 Å². The molecule has 1 aliphatic carbocycles. The Labute approximate surface area is 145 Å². The molecule has 0 fully saturated rings. The monoisotopic (exact) mass is 345 g/mol. The average molecular weight is 345 g/mol. The number of methoxy groups -OCH3 is 1. The van der Waals surface area contributed by atoms with Crippen molar-refractivity contribution in [1.82, 2.24) is 4.90 Å². The van der Waals surface area contributed by atoms with Crippen molar-refractivity contribution >= 4 is 12.4 Å². The van der Waals surface area contributed by atoms with Gasteiger partial charge in [-0.15, -0.1) is 0 Å². The minimum Gasteiger partial charge on any atom is -0.460 e. The second kappa shape index (κ2) is 5.77. The van der Waals surface area contributed by atoms with Gasteiger partial charge in [0.2, 0.25) is 13.2 Å². The Morgan fingerprint density at radius 3 is 2.76 bits per heavy atom. The zero-order chi connectivity index (χ0) is 17.6. The summed E-state index contributed by atoms with van der Waals surface area (Å²) >= 11 is 0. The highest BCUT2D eigenvalue weighted by atomic mass is 16.7. The molecule has 0 radical (unpaired) electrons. The van der Waals surface area contributed by atoms with Crippen molar-refractivity contribution in [3.8, 4) is 11.5 Å². The molecule has 7 nitrogen and oxygen atoms in total. The minimum atomic E-state index is -1.08. The molecule has 2 heterocycles. The third kappa shape index (κ3) is 2.22. The minimum absolute atomic E-state index is 0.152. The first-order valence-corrected chi connectivity index (χ1v) is 8.09. The summed E-state index contributed by atoms with van der Waals surface area (Å²) in [5, 5.41) is 0. The Balaban J connectivity index is 1.92. The van der Waals surface area contributed by atoms with Crippen LogP contribution in [0.15, 0.2) is 24.3 Å². The molecule has 3 aliphatic rings. The molecule has 1 aromatic carbocycles. The van der Waals surface area contributed by atoms with Crippen LogP contribution in [0.3, 0.4) is 0 Å². The van der Waals surface area contributed by atoms with E-state index in [1.165, 1.54) is 4.90 Å². The predicted octanol–water partition coefficient (Wildman–Crippen LogP) is 1.14. The fraction of sp³-hybridized carbons (Fsp3) is 0.444. The predicted molar refractivity (Wildman–Crippen MR) is 86.2 cm³/mol. The Morgan fingerprint density at radius 2 is 2.04 bits per heavy atom. The summed E-state index contributed by atoms with van der Waals surface area (Å²) < 4.78 is 21.8. The van der Waals surface area contributed by atoms with E-state index >= 15 is 0 Å². The smallest absolute Gasteiger partial charge is 0.322 e. The lowest BCUT2D eigenvalue weighted by atomic mass is 9.66. The van der Waals surface area contributed by atoms with Crippen LogP contribution in [-0.2, 0) is 31.1 Å². The van der Waals surface area contributed by atoms with Crippen molar-refractivity contribution in [3.05, 3.63) is 35.4 Å². The second-order valence-corrected chi connectivity index (χ2v) is 6.46. The number of carbonyl (C=O) groups is 2. The summed E-state index contributed by atoms with van der Waals surface area (Å²) in [6.07, 6.45) is 4.71.